The Kier molecular flexibility index (Phi) is 6.59. The summed E-state index contributed by atoms with van der Waals surface area (Å²) >= 11 is 6.08. The van der Waals surface area contributed by atoms with E-state index in [4.69, 9.17) is 11.6 Å². The number of anilines is 1. The number of nitrogens with zero attached hydrogens (tertiary/aromatic N) is 2. The first kappa shape index (κ1) is 20.6. The van der Waals surface area contributed by atoms with Crippen molar-refractivity contribution in [1.82, 2.24) is 9.80 Å². The number of benzene rings is 2. The molecule has 0 spiro atoms. The molecule has 1 atom stereocenters. The molecule has 150 valence electrons. The maximum Gasteiger partial charge on any atom is 0.241 e. The van der Waals surface area contributed by atoms with E-state index in [1.165, 1.54) is 12.1 Å². The number of amides is 1. The number of hydrogen-bond donors (Lipinski definition) is 1. The molecule has 1 amide bonds. The molecule has 2 aromatic carbocycles. The van der Waals surface area contributed by atoms with Crippen LogP contribution in [-0.4, -0.2) is 47.9 Å². The molecule has 0 aliphatic carbocycles. The van der Waals surface area contributed by atoms with Gasteiger partial charge >= 0.3 is 0 Å². The second-order valence-electron chi connectivity index (χ2n) is 6.84. The second-order valence-corrected chi connectivity index (χ2v) is 7.24. The molecular weight excluding hydrogens is 391 g/mol. The highest BCUT2D eigenvalue weighted by molar-refractivity contribution is 6.31. The van der Waals surface area contributed by atoms with E-state index in [0.29, 0.717) is 37.7 Å². The highest BCUT2D eigenvalue weighted by Gasteiger charge is 2.26. The lowest BCUT2D eigenvalue weighted by molar-refractivity contribution is -0.121. The molecule has 0 aromatic heterocycles. The molecule has 8 heteroatoms. The zero-order valence-corrected chi connectivity index (χ0v) is 16.1. The van der Waals surface area contributed by atoms with Gasteiger partial charge in [0.2, 0.25) is 5.91 Å². The van der Waals surface area contributed by atoms with E-state index in [2.05, 4.69) is 10.2 Å². The molecule has 4 nitrogen and oxygen atoms in total. The van der Waals surface area contributed by atoms with Gasteiger partial charge in [0.05, 0.1) is 11.7 Å². The van der Waals surface area contributed by atoms with Crippen LogP contribution in [0.4, 0.5) is 18.9 Å². The molecule has 1 N–H and O–H groups in total. The second kappa shape index (κ2) is 8.94. The quantitative estimate of drug-likeness (QED) is 0.810. The molecular formula is C20H21ClF3N3O. The van der Waals surface area contributed by atoms with Crippen molar-refractivity contribution >= 4 is 23.2 Å². The molecule has 1 aliphatic rings. The third-order valence-electron chi connectivity index (χ3n) is 4.93. The first-order chi connectivity index (χ1) is 13.3. The lowest BCUT2D eigenvalue weighted by Crippen LogP contribution is -2.52. The van der Waals surface area contributed by atoms with Crippen molar-refractivity contribution in [1.29, 1.82) is 0 Å². The first-order valence-electron chi connectivity index (χ1n) is 9.00. The Morgan fingerprint density at radius 1 is 1.07 bits per heavy atom. The van der Waals surface area contributed by atoms with Gasteiger partial charge in [0.15, 0.2) is 0 Å². The third kappa shape index (κ3) is 5.04. The van der Waals surface area contributed by atoms with Crippen molar-refractivity contribution in [2.75, 3.05) is 31.5 Å². The largest absolute Gasteiger partial charge is 0.322 e. The predicted octanol–water partition coefficient (Wildman–Crippen LogP) is 3.90. The van der Waals surface area contributed by atoms with Gasteiger partial charge in [-0.25, -0.2) is 13.2 Å². The van der Waals surface area contributed by atoms with Gasteiger partial charge in [-0.3, -0.25) is 14.6 Å². The van der Waals surface area contributed by atoms with Gasteiger partial charge in [-0.05, 0) is 36.8 Å². The van der Waals surface area contributed by atoms with Crippen molar-refractivity contribution in [3.05, 3.63) is 64.4 Å². The maximum atomic E-state index is 13.7. The molecule has 28 heavy (non-hydrogen) atoms. The number of hydrogen-bond acceptors (Lipinski definition) is 3. The summed E-state index contributed by atoms with van der Waals surface area (Å²) in [4.78, 5) is 16.6. The van der Waals surface area contributed by atoms with E-state index in [1.807, 2.05) is 4.90 Å². The summed E-state index contributed by atoms with van der Waals surface area (Å²) in [6.45, 7) is 5.03. The molecule has 0 saturated carbocycles. The van der Waals surface area contributed by atoms with Crippen molar-refractivity contribution in [3.63, 3.8) is 0 Å². The number of nitrogens with one attached hydrogen (secondary N) is 1. The number of halogens is 4. The average Bonchev–Trinajstić information content (AvgIpc) is 2.67. The minimum absolute atomic E-state index is 0.165. The lowest BCUT2D eigenvalue weighted by atomic mass is 10.1. The molecule has 1 aliphatic heterocycles. The summed E-state index contributed by atoms with van der Waals surface area (Å²) in [5.74, 6) is -2.05. The van der Waals surface area contributed by atoms with E-state index in [0.717, 1.165) is 23.8 Å². The summed E-state index contributed by atoms with van der Waals surface area (Å²) in [6, 6.07) is 6.81. The van der Waals surface area contributed by atoms with Crippen LogP contribution < -0.4 is 5.32 Å². The summed E-state index contributed by atoms with van der Waals surface area (Å²) < 4.78 is 40.1. The van der Waals surface area contributed by atoms with E-state index in [9.17, 15) is 18.0 Å². The fourth-order valence-corrected chi connectivity index (χ4v) is 3.42. The Labute approximate surface area is 166 Å². The van der Waals surface area contributed by atoms with Crippen LogP contribution in [-0.2, 0) is 11.3 Å². The highest BCUT2D eigenvalue weighted by Crippen LogP contribution is 2.21. The van der Waals surface area contributed by atoms with Gasteiger partial charge in [0, 0.05) is 43.8 Å². The van der Waals surface area contributed by atoms with Crippen LogP contribution in [0.3, 0.4) is 0 Å². The van der Waals surface area contributed by atoms with Crippen LogP contribution in [0, 0.1) is 17.5 Å². The Bertz CT molecular complexity index is 857. The van der Waals surface area contributed by atoms with Crippen molar-refractivity contribution in [2.24, 2.45) is 0 Å². The molecule has 1 fully saturated rings. The SMILES string of the molecule is CC(C(=O)Nc1cc(F)ccc1F)N1CCN(Cc2ccc(F)cc2Cl)CC1. The summed E-state index contributed by atoms with van der Waals surface area (Å²) in [5, 5.41) is 2.85. The van der Waals surface area contributed by atoms with Crippen LogP contribution in [0.5, 0.6) is 0 Å². The topological polar surface area (TPSA) is 35.6 Å². The lowest BCUT2D eigenvalue weighted by Gasteiger charge is -2.37. The summed E-state index contributed by atoms with van der Waals surface area (Å²) in [7, 11) is 0. The fraction of sp³-hybridized carbons (Fsp3) is 0.350. The van der Waals surface area contributed by atoms with Gasteiger partial charge in [-0.1, -0.05) is 17.7 Å². The van der Waals surface area contributed by atoms with E-state index >= 15 is 0 Å². The summed E-state index contributed by atoms with van der Waals surface area (Å²) in [6.07, 6.45) is 0. The number of carbonyl (C=O) groups is 1. The first-order valence-corrected chi connectivity index (χ1v) is 9.37. The minimum atomic E-state index is -0.678. The normalized spacial score (nSPS) is 16.8. The van der Waals surface area contributed by atoms with E-state index in [-0.39, 0.29) is 17.4 Å². The average molecular weight is 412 g/mol. The number of rotatable bonds is 5. The van der Waals surface area contributed by atoms with Gasteiger partial charge in [0.1, 0.15) is 17.5 Å². The Balaban J connectivity index is 1.53. The zero-order chi connectivity index (χ0) is 20.3. The Hall–Kier alpha value is -2.09. The molecule has 0 radical (unpaired) electrons. The smallest absolute Gasteiger partial charge is 0.241 e. The molecule has 1 unspecified atom stereocenters. The molecule has 1 saturated heterocycles. The van der Waals surface area contributed by atoms with Crippen LogP contribution >= 0.6 is 11.6 Å². The van der Waals surface area contributed by atoms with Gasteiger partial charge in [0.25, 0.3) is 0 Å². The van der Waals surface area contributed by atoms with Crippen molar-refractivity contribution in [2.45, 2.75) is 19.5 Å². The molecule has 0 bridgehead atoms. The predicted molar refractivity (Wildman–Crippen MR) is 103 cm³/mol. The van der Waals surface area contributed by atoms with Gasteiger partial charge < -0.3 is 5.32 Å². The van der Waals surface area contributed by atoms with Crippen LogP contribution in [0.25, 0.3) is 0 Å². The number of piperazine rings is 1. The monoisotopic (exact) mass is 411 g/mol. The van der Waals surface area contributed by atoms with Crippen molar-refractivity contribution < 1.29 is 18.0 Å². The van der Waals surface area contributed by atoms with Crippen molar-refractivity contribution in [3.8, 4) is 0 Å². The molecule has 3 rings (SSSR count). The van der Waals surface area contributed by atoms with E-state index in [1.54, 1.807) is 13.0 Å². The van der Waals surface area contributed by atoms with Gasteiger partial charge in [-0.2, -0.15) is 0 Å². The Morgan fingerprint density at radius 3 is 2.39 bits per heavy atom. The highest BCUT2D eigenvalue weighted by atomic mass is 35.5. The maximum absolute atomic E-state index is 13.7. The molecule has 1 heterocycles. The molecule has 2 aromatic rings. The summed E-state index contributed by atoms with van der Waals surface area (Å²) in [5.41, 5.74) is 0.685. The Morgan fingerprint density at radius 2 is 1.71 bits per heavy atom. The fourth-order valence-electron chi connectivity index (χ4n) is 3.20. The van der Waals surface area contributed by atoms with Crippen LogP contribution in [0.1, 0.15) is 12.5 Å². The van der Waals surface area contributed by atoms with Crippen LogP contribution in [0.2, 0.25) is 5.02 Å². The zero-order valence-electron chi connectivity index (χ0n) is 15.4. The standard InChI is InChI=1S/C20H21ClF3N3O/c1-13(20(28)25-19-11-16(23)4-5-18(19)24)27-8-6-26(7-9-27)12-14-2-3-15(22)10-17(14)21/h2-5,10-11,13H,6-9,12H2,1H3,(H,25,28). The third-order valence-corrected chi connectivity index (χ3v) is 5.28. The van der Waals surface area contributed by atoms with Gasteiger partial charge in [-0.15, -0.1) is 0 Å². The minimum Gasteiger partial charge on any atom is -0.322 e. The van der Waals surface area contributed by atoms with E-state index < -0.39 is 17.7 Å². The van der Waals surface area contributed by atoms with Crippen LogP contribution in [0.15, 0.2) is 36.4 Å². The number of carbonyl (C=O) groups excluding carboxylic acids is 1.